The summed E-state index contributed by atoms with van der Waals surface area (Å²) in [5, 5.41) is 9.29. The van der Waals surface area contributed by atoms with E-state index in [0.29, 0.717) is 11.5 Å². The van der Waals surface area contributed by atoms with E-state index in [9.17, 15) is 14.4 Å². The van der Waals surface area contributed by atoms with Gasteiger partial charge in [0.1, 0.15) is 24.1 Å². The van der Waals surface area contributed by atoms with Crippen LogP contribution in [0.1, 0.15) is 56.0 Å². The Labute approximate surface area is 245 Å². The van der Waals surface area contributed by atoms with Crippen LogP contribution in [0.4, 0.5) is 15.4 Å². The predicted molar refractivity (Wildman–Crippen MR) is 161 cm³/mol. The van der Waals surface area contributed by atoms with Gasteiger partial charge in [0.25, 0.3) is 0 Å². The summed E-state index contributed by atoms with van der Waals surface area (Å²) in [6.45, 7) is 9.26. The van der Waals surface area contributed by atoms with Gasteiger partial charge in [0.05, 0.1) is 0 Å². The van der Waals surface area contributed by atoms with Gasteiger partial charge < -0.3 is 25.1 Å². The number of hydrogen-bond acceptors (Lipinski definition) is 6. The van der Waals surface area contributed by atoms with Crippen molar-refractivity contribution in [3.05, 3.63) is 95.3 Å². The number of rotatable bonds is 9. The molecule has 1 unspecified atom stereocenters. The van der Waals surface area contributed by atoms with E-state index in [1.165, 1.54) is 0 Å². The lowest BCUT2D eigenvalue weighted by Gasteiger charge is -2.24. The van der Waals surface area contributed by atoms with Crippen LogP contribution in [0.5, 0.6) is 0 Å². The molecule has 4 rings (SSSR count). The van der Waals surface area contributed by atoms with Gasteiger partial charge in [0.15, 0.2) is 0 Å². The van der Waals surface area contributed by atoms with Gasteiger partial charge in [0.2, 0.25) is 5.91 Å². The molecule has 0 fully saturated rings. The van der Waals surface area contributed by atoms with Crippen molar-refractivity contribution in [1.29, 1.82) is 0 Å². The molecule has 4 aromatic rings. The number of hydrogen-bond donors (Lipinski definition) is 4. The van der Waals surface area contributed by atoms with Crippen molar-refractivity contribution in [3.8, 4) is 0 Å². The number of aryl methyl sites for hydroxylation is 1. The number of fused-ring (bicyclic) bond motifs is 1. The van der Waals surface area contributed by atoms with Crippen LogP contribution in [0.25, 0.3) is 10.9 Å². The highest BCUT2D eigenvalue weighted by Crippen LogP contribution is 2.28. The maximum atomic E-state index is 13.6. The molecular formula is C32H37N5O5. The fourth-order valence-corrected chi connectivity index (χ4v) is 4.51. The topological polar surface area (TPSA) is 134 Å². The SMILES string of the molecule is Cc1nc(NC(=O)OC(C)(C)C)ccc1CNC(=O)C(NC(=O)OCc1ccccc1)[C@@H](C)c1c[nH]c2ccccc12. The van der Waals surface area contributed by atoms with Crippen LogP contribution in [0.15, 0.2) is 72.9 Å². The van der Waals surface area contributed by atoms with Crippen LogP contribution >= 0.6 is 0 Å². The molecule has 0 saturated heterocycles. The molecule has 42 heavy (non-hydrogen) atoms. The molecule has 0 bridgehead atoms. The van der Waals surface area contributed by atoms with E-state index in [-0.39, 0.29) is 25.0 Å². The lowest BCUT2D eigenvalue weighted by molar-refractivity contribution is -0.123. The molecule has 220 valence electrons. The van der Waals surface area contributed by atoms with Gasteiger partial charge in [-0.2, -0.15) is 0 Å². The Kier molecular flexibility index (Phi) is 9.46. The number of nitrogens with one attached hydrogen (secondary N) is 4. The smallest absolute Gasteiger partial charge is 0.413 e. The number of H-pyrrole nitrogens is 1. The Balaban J connectivity index is 1.46. The number of para-hydroxylation sites is 1. The number of alkyl carbamates (subject to hydrolysis) is 1. The van der Waals surface area contributed by atoms with E-state index in [4.69, 9.17) is 9.47 Å². The van der Waals surface area contributed by atoms with Gasteiger partial charge in [-0.15, -0.1) is 0 Å². The lowest BCUT2D eigenvalue weighted by atomic mass is 9.92. The molecule has 2 heterocycles. The van der Waals surface area contributed by atoms with Crippen LogP contribution in [0.2, 0.25) is 0 Å². The monoisotopic (exact) mass is 571 g/mol. The number of amides is 3. The van der Waals surface area contributed by atoms with Gasteiger partial charge in [0, 0.05) is 35.3 Å². The highest BCUT2D eigenvalue weighted by Gasteiger charge is 2.30. The van der Waals surface area contributed by atoms with E-state index in [2.05, 4.69) is 25.9 Å². The molecule has 4 N–H and O–H groups in total. The zero-order valence-electron chi connectivity index (χ0n) is 24.5. The third-order valence-corrected chi connectivity index (χ3v) is 6.66. The molecule has 0 aliphatic rings. The third kappa shape index (κ3) is 8.09. The number of ether oxygens (including phenoxy) is 2. The molecule has 0 radical (unpaired) electrons. The minimum absolute atomic E-state index is 0.0804. The Bertz CT molecular complexity index is 1540. The number of nitrogens with zero attached hydrogens (tertiary/aromatic N) is 1. The van der Waals surface area contributed by atoms with E-state index >= 15 is 0 Å². The maximum absolute atomic E-state index is 13.6. The van der Waals surface area contributed by atoms with Gasteiger partial charge in [-0.05, 0) is 56.5 Å². The standard InChI is InChI=1S/C32H37N5O5/c1-20(25-18-33-26-14-10-9-13-24(25)26)28(37-30(39)41-19-22-11-7-6-8-12-22)29(38)34-17-23-15-16-27(35-21(23)2)36-31(40)42-32(3,4)5/h6-16,18,20,28,33H,17,19H2,1-5H3,(H,34,38)(H,37,39)(H,35,36,40)/t20-,28?/m0/s1. The molecule has 10 heteroatoms. The fraction of sp³-hybridized carbons (Fsp3) is 0.312. The van der Waals surface area contributed by atoms with Crippen molar-refractivity contribution in [2.24, 2.45) is 0 Å². The first-order valence-corrected chi connectivity index (χ1v) is 13.8. The summed E-state index contributed by atoms with van der Waals surface area (Å²) in [6, 6.07) is 19.6. The minimum Gasteiger partial charge on any atom is -0.445 e. The van der Waals surface area contributed by atoms with Gasteiger partial charge in [-0.3, -0.25) is 10.1 Å². The van der Waals surface area contributed by atoms with Crippen LogP contribution in [-0.2, 0) is 27.4 Å². The van der Waals surface area contributed by atoms with Crippen LogP contribution in [0.3, 0.4) is 0 Å². The largest absolute Gasteiger partial charge is 0.445 e. The minimum atomic E-state index is -0.922. The molecule has 10 nitrogen and oxygen atoms in total. The Morgan fingerprint density at radius 1 is 0.952 bits per heavy atom. The Hall–Kier alpha value is -4.86. The number of pyridine rings is 1. The van der Waals surface area contributed by atoms with Crippen LogP contribution in [-0.4, -0.2) is 39.7 Å². The number of carbonyl (C=O) groups excluding carboxylic acids is 3. The van der Waals surface area contributed by atoms with Gasteiger partial charge in [-0.25, -0.2) is 14.6 Å². The highest BCUT2D eigenvalue weighted by molar-refractivity contribution is 5.89. The number of anilines is 1. The summed E-state index contributed by atoms with van der Waals surface area (Å²) < 4.78 is 10.7. The molecule has 2 aromatic carbocycles. The normalized spacial score (nSPS) is 12.7. The first kappa shape index (κ1) is 30.1. The first-order chi connectivity index (χ1) is 20.0. The summed E-state index contributed by atoms with van der Waals surface area (Å²) >= 11 is 0. The molecule has 0 aliphatic carbocycles. The van der Waals surface area contributed by atoms with Crippen molar-refractivity contribution in [2.75, 3.05) is 5.32 Å². The molecule has 0 aliphatic heterocycles. The lowest BCUT2D eigenvalue weighted by Crippen LogP contribution is -2.49. The fourth-order valence-electron chi connectivity index (χ4n) is 4.51. The quantitative estimate of drug-likeness (QED) is 0.197. The van der Waals surface area contributed by atoms with Crippen LogP contribution < -0.4 is 16.0 Å². The van der Waals surface area contributed by atoms with Crippen molar-refractivity contribution in [1.82, 2.24) is 20.6 Å². The second-order valence-electron chi connectivity index (χ2n) is 11.0. The predicted octanol–water partition coefficient (Wildman–Crippen LogP) is 5.93. The highest BCUT2D eigenvalue weighted by atomic mass is 16.6. The van der Waals surface area contributed by atoms with Crippen molar-refractivity contribution < 1.29 is 23.9 Å². The molecule has 0 saturated carbocycles. The average molecular weight is 572 g/mol. The van der Waals surface area contributed by atoms with Gasteiger partial charge >= 0.3 is 12.2 Å². The molecule has 3 amide bonds. The maximum Gasteiger partial charge on any atom is 0.413 e. The van der Waals surface area contributed by atoms with Crippen molar-refractivity contribution in [2.45, 2.75) is 65.3 Å². The summed E-state index contributed by atoms with van der Waals surface area (Å²) in [4.78, 5) is 46.2. The molecular weight excluding hydrogens is 534 g/mol. The first-order valence-electron chi connectivity index (χ1n) is 13.8. The summed E-state index contributed by atoms with van der Waals surface area (Å²) in [6.07, 6.45) is 0.563. The number of carbonyl (C=O) groups is 3. The third-order valence-electron chi connectivity index (χ3n) is 6.66. The zero-order chi connectivity index (χ0) is 30.3. The number of aromatic nitrogens is 2. The second kappa shape index (κ2) is 13.2. The van der Waals surface area contributed by atoms with E-state index < -0.39 is 23.8 Å². The van der Waals surface area contributed by atoms with E-state index in [1.54, 1.807) is 39.8 Å². The molecule has 2 atom stereocenters. The Morgan fingerprint density at radius 3 is 2.38 bits per heavy atom. The van der Waals surface area contributed by atoms with Crippen molar-refractivity contribution in [3.63, 3.8) is 0 Å². The number of aromatic amines is 1. The van der Waals surface area contributed by atoms with Crippen molar-refractivity contribution >= 4 is 34.8 Å². The summed E-state index contributed by atoms with van der Waals surface area (Å²) in [5.74, 6) is -0.421. The Morgan fingerprint density at radius 2 is 1.67 bits per heavy atom. The molecule has 0 spiro atoms. The van der Waals surface area contributed by atoms with E-state index in [1.807, 2.05) is 67.7 Å². The number of benzene rings is 2. The summed E-state index contributed by atoms with van der Waals surface area (Å²) in [7, 11) is 0. The van der Waals surface area contributed by atoms with E-state index in [0.717, 1.165) is 27.6 Å². The molecule has 2 aromatic heterocycles. The van der Waals surface area contributed by atoms with Gasteiger partial charge in [-0.1, -0.05) is 61.5 Å². The zero-order valence-corrected chi connectivity index (χ0v) is 24.5. The second-order valence-corrected chi connectivity index (χ2v) is 11.0. The average Bonchev–Trinajstić information content (AvgIpc) is 3.38. The van der Waals surface area contributed by atoms with Crippen LogP contribution in [0, 0.1) is 6.92 Å². The summed E-state index contributed by atoms with van der Waals surface area (Å²) in [5.41, 5.74) is 3.41.